The van der Waals surface area contributed by atoms with Crippen molar-refractivity contribution in [3.63, 3.8) is 0 Å². The highest BCUT2D eigenvalue weighted by atomic mass is 16.3. The monoisotopic (exact) mass is 247 g/mol. The fourth-order valence-corrected chi connectivity index (χ4v) is 3.11. The first-order chi connectivity index (χ1) is 8.70. The van der Waals surface area contributed by atoms with Crippen LogP contribution in [0.3, 0.4) is 0 Å². The first-order valence-electron chi connectivity index (χ1n) is 7.12. The summed E-state index contributed by atoms with van der Waals surface area (Å²) < 4.78 is 0. The number of hydrogen-bond donors (Lipinski definition) is 2. The molecule has 0 heterocycles. The van der Waals surface area contributed by atoms with Crippen LogP contribution in [0.25, 0.3) is 0 Å². The molecule has 2 N–H and O–H groups in total. The SMILES string of the molecule is CC1CCC(N[C@@H](CO)c2ccccc2)C(C)C1. The predicted octanol–water partition coefficient (Wildman–Crippen LogP) is 3.13. The lowest BCUT2D eigenvalue weighted by molar-refractivity contribution is 0.177. The van der Waals surface area contributed by atoms with Crippen molar-refractivity contribution in [1.82, 2.24) is 5.32 Å². The van der Waals surface area contributed by atoms with Gasteiger partial charge in [-0.2, -0.15) is 0 Å². The van der Waals surface area contributed by atoms with E-state index in [0.717, 1.165) is 5.92 Å². The molecule has 4 atom stereocenters. The van der Waals surface area contributed by atoms with Gasteiger partial charge in [0.15, 0.2) is 0 Å². The van der Waals surface area contributed by atoms with Crippen LogP contribution in [0.5, 0.6) is 0 Å². The number of benzene rings is 1. The average Bonchev–Trinajstić information content (AvgIpc) is 2.39. The van der Waals surface area contributed by atoms with Gasteiger partial charge in [-0.3, -0.25) is 0 Å². The van der Waals surface area contributed by atoms with Crippen LogP contribution in [0.1, 0.15) is 44.7 Å². The lowest BCUT2D eigenvalue weighted by atomic mass is 9.79. The summed E-state index contributed by atoms with van der Waals surface area (Å²) >= 11 is 0. The molecule has 0 saturated heterocycles. The quantitative estimate of drug-likeness (QED) is 0.856. The molecule has 2 rings (SSSR count). The third kappa shape index (κ3) is 3.33. The molecule has 1 aliphatic rings. The van der Waals surface area contributed by atoms with Gasteiger partial charge in [0, 0.05) is 6.04 Å². The van der Waals surface area contributed by atoms with Gasteiger partial charge in [0.2, 0.25) is 0 Å². The molecule has 2 nitrogen and oxygen atoms in total. The van der Waals surface area contributed by atoms with Gasteiger partial charge in [-0.15, -0.1) is 0 Å². The summed E-state index contributed by atoms with van der Waals surface area (Å²) in [5.41, 5.74) is 1.19. The van der Waals surface area contributed by atoms with Crippen molar-refractivity contribution in [2.45, 2.75) is 45.2 Å². The van der Waals surface area contributed by atoms with E-state index in [-0.39, 0.29) is 12.6 Å². The summed E-state index contributed by atoms with van der Waals surface area (Å²) in [6.07, 6.45) is 3.82. The maximum atomic E-state index is 9.59. The van der Waals surface area contributed by atoms with E-state index < -0.39 is 0 Å². The molecule has 0 aromatic heterocycles. The van der Waals surface area contributed by atoms with Crippen molar-refractivity contribution in [2.24, 2.45) is 11.8 Å². The van der Waals surface area contributed by atoms with E-state index in [4.69, 9.17) is 0 Å². The molecule has 1 aromatic rings. The highest BCUT2D eigenvalue weighted by Crippen LogP contribution is 2.30. The van der Waals surface area contributed by atoms with E-state index in [9.17, 15) is 5.11 Å². The lowest BCUT2D eigenvalue weighted by Gasteiger charge is -2.35. The van der Waals surface area contributed by atoms with E-state index in [2.05, 4.69) is 31.3 Å². The third-order valence-electron chi connectivity index (χ3n) is 4.23. The largest absolute Gasteiger partial charge is 0.394 e. The number of rotatable bonds is 4. The van der Waals surface area contributed by atoms with Crippen LogP contribution in [0, 0.1) is 11.8 Å². The van der Waals surface area contributed by atoms with E-state index in [1.165, 1.54) is 24.8 Å². The molecule has 18 heavy (non-hydrogen) atoms. The number of aliphatic hydroxyl groups excluding tert-OH is 1. The standard InChI is InChI=1S/C16H25NO/c1-12-8-9-15(13(2)10-12)17-16(11-18)14-6-4-3-5-7-14/h3-7,12-13,15-18H,8-11H2,1-2H3/t12?,13?,15?,16-/m0/s1. The van der Waals surface area contributed by atoms with Crippen LogP contribution in [0.2, 0.25) is 0 Å². The van der Waals surface area contributed by atoms with Crippen molar-refractivity contribution in [3.05, 3.63) is 35.9 Å². The summed E-state index contributed by atoms with van der Waals surface area (Å²) in [5, 5.41) is 13.2. The Bertz CT molecular complexity index is 351. The Kier molecular flexibility index (Phi) is 4.79. The second kappa shape index (κ2) is 6.35. The van der Waals surface area contributed by atoms with Gasteiger partial charge in [-0.25, -0.2) is 0 Å². The van der Waals surface area contributed by atoms with Crippen LogP contribution in [-0.4, -0.2) is 17.8 Å². The highest BCUT2D eigenvalue weighted by Gasteiger charge is 2.27. The van der Waals surface area contributed by atoms with Gasteiger partial charge in [-0.05, 0) is 36.7 Å². The Balaban J connectivity index is 1.98. The van der Waals surface area contributed by atoms with Gasteiger partial charge in [0.05, 0.1) is 12.6 Å². The van der Waals surface area contributed by atoms with E-state index in [1.54, 1.807) is 0 Å². The van der Waals surface area contributed by atoms with Gasteiger partial charge in [0.1, 0.15) is 0 Å². The molecule has 1 fully saturated rings. The summed E-state index contributed by atoms with van der Waals surface area (Å²) in [4.78, 5) is 0. The normalized spacial score (nSPS) is 30.1. The van der Waals surface area contributed by atoms with Crippen LogP contribution in [0.15, 0.2) is 30.3 Å². The summed E-state index contributed by atoms with van der Waals surface area (Å²) in [6, 6.07) is 10.9. The Morgan fingerprint density at radius 2 is 1.94 bits per heavy atom. The topological polar surface area (TPSA) is 32.3 Å². The fourth-order valence-electron chi connectivity index (χ4n) is 3.11. The number of aliphatic hydroxyl groups is 1. The van der Waals surface area contributed by atoms with E-state index in [1.807, 2.05) is 18.2 Å². The highest BCUT2D eigenvalue weighted by molar-refractivity contribution is 5.19. The minimum Gasteiger partial charge on any atom is -0.394 e. The first kappa shape index (κ1) is 13.6. The second-order valence-corrected chi connectivity index (χ2v) is 5.81. The van der Waals surface area contributed by atoms with Crippen molar-refractivity contribution in [3.8, 4) is 0 Å². The molecule has 0 aliphatic heterocycles. The maximum Gasteiger partial charge on any atom is 0.0626 e. The van der Waals surface area contributed by atoms with Crippen molar-refractivity contribution in [2.75, 3.05) is 6.61 Å². The van der Waals surface area contributed by atoms with Crippen LogP contribution >= 0.6 is 0 Å². The molecule has 1 aliphatic carbocycles. The van der Waals surface area contributed by atoms with Crippen molar-refractivity contribution < 1.29 is 5.11 Å². The van der Waals surface area contributed by atoms with E-state index in [0.29, 0.717) is 12.0 Å². The van der Waals surface area contributed by atoms with Crippen molar-refractivity contribution >= 4 is 0 Å². The van der Waals surface area contributed by atoms with E-state index >= 15 is 0 Å². The van der Waals surface area contributed by atoms with Crippen LogP contribution in [0.4, 0.5) is 0 Å². The van der Waals surface area contributed by atoms with Gasteiger partial charge < -0.3 is 10.4 Å². The Hall–Kier alpha value is -0.860. The minimum atomic E-state index is 0.0760. The summed E-state index contributed by atoms with van der Waals surface area (Å²) in [6.45, 7) is 4.84. The number of nitrogens with one attached hydrogen (secondary N) is 1. The maximum absolute atomic E-state index is 9.59. The van der Waals surface area contributed by atoms with Crippen molar-refractivity contribution in [1.29, 1.82) is 0 Å². The zero-order chi connectivity index (χ0) is 13.0. The lowest BCUT2D eigenvalue weighted by Crippen LogP contribution is -2.42. The second-order valence-electron chi connectivity index (χ2n) is 5.81. The summed E-state index contributed by atoms with van der Waals surface area (Å²) in [7, 11) is 0. The molecule has 1 saturated carbocycles. The van der Waals surface area contributed by atoms with Gasteiger partial charge in [-0.1, -0.05) is 44.2 Å². The molecule has 0 radical (unpaired) electrons. The Morgan fingerprint density at radius 1 is 1.22 bits per heavy atom. The van der Waals surface area contributed by atoms with Crippen LogP contribution < -0.4 is 5.32 Å². The zero-order valence-electron chi connectivity index (χ0n) is 11.5. The zero-order valence-corrected chi connectivity index (χ0v) is 11.5. The molecular formula is C16H25NO. The molecular weight excluding hydrogens is 222 g/mol. The molecule has 0 amide bonds. The Morgan fingerprint density at radius 3 is 2.56 bits per heavy atom. The van der Waals surface area contributed by atoms with Crippen LogP contribution in [-0.2, 0) is 0 Å². The molecule has 100 valence electrons. The molecule has 2 heteroatoms. The summed E-state index contributed by atoms with van der Waals surface area (Å²) in [5.74, 6) is 1.55. The van der Waals surface area contributed by atoms with Gasteiger partial charge >= 0.3 is 0 Å². The first-order valence-corrected chi connectivity index (χ1v) is 7.12. The fraction of sp³-hybridized carbons (Fsp3) is 0.625. The third-order valence-corrected chi connectivity index (χ3v) is 4.23. The minimum absolute atomic E-state index is 0.0760. The smallest absolute Gasteiger partial charge is 0.0626 e. The average molecular weight is 247 g/mol. The number of hydrogen-bond acceptors (Lipinski definition) is 2. The molecule has 0 bridgehead atoms. The molecule has 0 spiro atoms. The molecule has 3 unspecified atom stereocenters. The predicted molar refractivity (Wildman–Crippen MR) is 75.4 cm³/mol. The Labute approximate surface area is 110 Å². The van der Waals surface area contributed by atoms with Gasteiger partial charge in [0.25, 0.3) is 0 Å². The molecule has 1 aromatic carbocycles.